The van der Waals surface area contributed by atoms with Crippen LogP contribution in [0.1, 0.15) is 12.8 Å². The van der Waals surface area contributed by atoms with Crippen molar-refractivity contribution in [1.82, 2.24) is 9.97 Å². The molecule has 6 nitrogen and oxygen atoms in total. The molecule has 0 aliphatic heterocycles. The Morgan fingerprint density at radius 1 is 1.35 bits per heavy atom. The van der Waals surface area contributed by atoms with E-state index < -0.39 is 15.1 Å². The van der Waals surface area contributed by atoms with Crippen molar-refractivity contribution in [3.63, 3.8) is 0 Å². The predicted molar refractivity (Wildman–Crippen MR) is 57.7 cm³/mol. The zero-order valence-electron chi connectivity index (χ0n) is 9.24. The summed E-state index contributed by atoms with van der Waals surface area (Å²) in [5.74, 6) is -0.672. The number of aromatic nitrogens is 2. The largest absolute Gasteiger partial charge is 0.469 e. The van der Waals surface area contributed by atoms with Crippen LogP contribution in [0.3, 0.4) is 0 Å². The topological polar surface area (TPSA) is 86.2 Å². The Labute approximate surface area is 99.0 Å². The first-order chi connectivity index (χ1) is 8.05. The van der Waals surface area contributed by atoms with Gasteiger partial charge in [0.1, 0.15) is 0 Å². The molecule has 1 heterocycles. The molecule has 17 heavy (non-hydrogen) atoms. The molecule has 0 bridgehead atoms. The second-order valence-electron chi connectivity index (χ2n) is 3.89. The maximum absolute atomic E-state index is 12.0. The average molecular weight is 256 g/mol. The molecule has 1 aromatic rings. The third kappa shape index (κ3) is 2.14. The van der Waals surface area contributed by atoms with Crippen molar-refractivity contribution in [2.24, 2.45) is 5.92 Å². The van der Waals surface area contributed by atoms with Crippen LogP contribution in [0.15, 0.2) is 23.6 Å². The van der Waals surface area contributed by atoms with Crippen molar-refractivity contribution in [3.05, 3.63) is 18.5 Å². The SMILES string of the molecule is COC(=O)C1CC(S(=O)(=O)c2ncccn2)C1. The zero-order valence-corrected chi connectivity index (χ0v) is 10.1. The molecule has 0 saturated heterocycles. The highest BCUT2D eigenvalue weighted by Crippen LogP contribution is 2.35. The second kappa shape index (κ2) is 4.40. The molecular weight excluding hydrogens is 244 g/mol. The summed E-state index contributed by atoms with van der Waals surface area (Å²) >= 11 is 0. The van der Waals surface area contributed by atoms with Gasteiger partial charge in [-0.3, -0.25) is 4.79 Å². The van der Waals surface area contributed by atoms with Gasteiger partial charge in [0.15, 0.2) is 0 Å². The molecule has 1 aromatic heterocycles. The lowest BCUT2D eigenvalue weighted by atomic mass is 9.85. The number of methoxy groups -OCH3 is 1. The van der Waals surface area contributed by atoms with Gasteiger partial charge in [-0.25, -0.2) is 18.4 Å². The van der Waals surface area contributed by atoms with Crippen LogP contribution in [0, 0.1) is 5.92 Å². The Morgan fingerprint density at radius 3 is 2.47 bits per heavy atom. The number of hydrogen-bond donors (Lipinski definition) is 0. The molecule has 92 valence electrons. The second-order valence-corrected chi connectivity index (χ2v) is 6.01. The van der Waals surface area contributed by atoms with E-state index in [1.807, 2.05) is 0 Å². The standard InChI is InChI=1S/C10H12N2O4S/c1-16-9(13)7-5-8(6-7)17(14,15)10-11-3-2-4-12-10/h2-4,7-8H,5-6H2,1H3. The molecule has 0 radical (unpaired) electrons. The number of ether oxygens (including phenoxy) is 1. The number of rotatable bonds is 3. The van der Waals surface area contributed by atoms with Crippen LogP contribution in [0.25, 0.3) is 0 Å². The fourth-order valence-corrected chi connectivity index (χ4v) is 3.44. The van der Waals surface area contributed by atoms with Crippen LogP contribution in [0.2, 0.25) is 0 Å². The Balaban J connectivity index is 2.09. The van der Waals surface area contributed by atoms with Crippen LogP contribution in [0.4, 0.5) is 0 Å². The van der Waals surface area contributed by atoms with E-state index in [0.29, 0.717) is 0 Å². The molecule has 0 spiro atoms. The van der Waals surface area contributed by atoms with Gasteiger partial charge in [-0.2, -0.15) is 0 Å². The molecule has 1 fully saturated rings. The summed E-state index contributed by atoms with van der Waals surface area (Å²) in [7, 11) is -2.21. The Bertz CT molecular complexity index is 508. The monoisotopic (exact) mass is 256 g/mol. The summed E-state index contributed by atoms with van der Waals surface area (Å²) in [6.45, 7) is 0. The van der Waals surface area contributed by atoms with Gasteiger partial charge in [0.25, 0.3) is 0 Å². The van der Waals surface area contributed by atoms with Crippen molar-refractivity contribution in [2.75, 3.05) is 7.11 Å². The van der Waals surface area contributed by atoms with Gasteiger partial charge in [-0.05, 0) is 18.9 Å². The Morgan fingerprint density at radius 2 is 1.94 bits per heavy atom. The van der Waals surface area contributed by atoms with E-state index in [1.165, 1.54) is 19.5 Å². The van der Waals surface area contributed by atoms with Gasteiger partial charge < -0.3 is 4.74 Å². The van der Waals surface area contributed by atoms with Crippen LogP contribution in [-0.4, -0.2) is 36.7 Å². The minimum Gasteiger partial charge on any atom is -0.469 e. The van der Waals surface area contributed by atoms with Crippen molar-refractivity contribution in [1.29, 1.82) is 0 Å². The molecule has 0 unspecified atom stereocenters. The lowest BCUT2D eigenvalue weighted by molar-refractivity contribution is -0.148. The summed E-state index contributed by atoms with van der Waals surface area (Å²) in [5, 5.41) is -0.748. The van der Waals surface area contributed by atoms with Crippen molar-refractivity contribution < 1.29 is 17.9 Å². The van der Waals surface area contributed by atoms with Crippen LogP contribution >= 0.6 is 0 Å². The Kier molecular flexibility index (Phi) is 3.10. The molecule has 0 amide bonds. The van der Waals surface area contributed by atoms with Gasteiger partial charge in [0.2, 0.25) is 15.0 Å². The smallest absolute Gasteiger partial charge is 0.308 e. The maximum Gasteiger partial charge on any atom is 0.308 e. The Hall–Kier alpha value is -1.50. The number of hydrogen-bond acceptors (Lipinski definition) is 6. The van der Waals surface area contributed by atoms with Crippen molar-refractivity contribution >= 4 is 15.8 Å². The van der Waals surface area contributed by atoms with Crippen molar-refractivity contribution in [2.45, 2.75) is 23.2 Å². The van der Waals surface area contributed by atoms with Crippen LogP contribution in [0.5, 0.6) is 0 Å². The van der Waals surface area contributed by atoms with E-state index >= 15 is 0 Å². The quantitative estimate of drug-likeness (QED) is 0.567. The molecule has 0 aromatic carbocycles. The highest BCUT2D eigenvalue weighted by molar-refractivity contribution is 7.91. The van der Waals surface area contributed by atoms with Crippen molar-refractivity contribution in [3.8, 4) is 0 Å². The number of carbonyl (C=O) groups is 1. The van der Waals surface area contributed by atoms with Crippen LogP contribution < -0.4 is 0 Å². The molecule has 1 saturated carbocycles. The molecule has 0 N–H and O–H groups in total. The molecule has 1 aliphatic carbocycles. The summed E-state index contributed by atoms with van der Waals surface area (Å²) in [5.41, 5.74) is 0. The van der Waals surface area contributed by atoms with Gasteiger partial charge >= 0.3 is 5.97 Å². The van der Waals surface area contributed by atoms with E-state index in [1.54, 1.807) is 6.07 Å². The third-order valence-electron chi connectivity index (χ3n) is 2.86. The van der Waals surface area contributed by atoms with E-state index in [4.69, 9.17) is 0 Å². The average Bonchev–Trinajstić information content (AvgIpc) is 2.27. The van der Waals surface area contributed by atoms with Gasteiger partial charge in [-0.15, -0.1) is 0 Å². The lowest BCUT2D eigenvalue weighted by Crippen LogP contribution is -2.40. The van der Waals surface area contributed by atoms with Gasteiger partial charge in [-0.1, -0.05) is 0 Å². The number of sulfone groups is 1. The minimum atomic E-state index is -3.51. The zero-order chi connectivity index (χ0) is 12.5. The molecule has 1 aliphatic rings. The first kappa shape index (κ1) is 12.0. The fraction of sp³-hybridized carbons (Fsp3) is 0.500. The molecular formula is C10H12N2O4S. The van der Waals surface area contributed by atoms with E-state index in [-0.39, 0.29) is 29.9 Å². The molecule has 7 heteroatoms. The lowest BCUT2D eigenvalue weighted by Gasteiger charge is -2.31. The van der Waals surface area contributed by atoms with Gasteiger partial charge in [0.05, 0.1) is 18.3 Å². The molecule has 2 rings (SSSR count). The first-order valence-electron chi connectivity index (χ1n) is 5.14. The third-order valence-corrected chi connectivity index (χ3v) is 4.85. The normalized spacial score (nSPS) is 23.8. The summed E-state index contributed by atoms with van der Waals surface area (Å²) < 4.78 is 28.5. The maximum atomic E-state index is 12.0. The highest BCUT2D eigenvalue weighted by atomic mass is 32.2. The highest BCUT2D eigenvalue weighted by Gasteiger charge is 2.44. The predicted octanol–water partition coefficient (Wildman–Crippen LogP) is 0.202. The number of esters is 1. The van der Waals surface area contributed by atoms with E-state index in [0.717, 1.165) is 0 Å². The number of nitrogens with zero attached hydrogens (tertiary/aromatic N) is 2. The number of carbonyl (C=O) groups excluding carboxylic acids is 1. The minimum absolute atomic E-state index is 0.173. The first-order valence-corrected chi connectivity index (χ1v) is 6.69. The van der Waals surface area contributed by atoms with E-state index in [2.05, 4.69) is 14.7 Å². The fourth-order valence-electron chi connectivity index (χ4n) is 1.76. The van der Waals surface area contributed by atoms with Gasteiger partial charge in [0, 0.05) is 12.4 Å². The van der Waals surface area contributed by atoms with Crippen LogP contribution in [-0.2, 0) is 19.4 Å². The summed E-state index contributed by atoms with van der Waals surface area (Å²) in [6, 6.07) is 1.55. The summed E-state index contributed by atoms with van der Waals surface area (Å²) in [6.07, 6.45) is 3.34. The summed E-state index contributed by atoms with van der Waals surface area (Å²) in [4.78, 5) is 18.6. The molecule has 0 atom stereocenters. The van der Waals surface area contributed by atoms with E-state index in [9.17, 15) is 13.2 Å².